The zero-order valence-corrected chi connectivity index (χ0v) is 22.0. The van der Waals surface area contributed by atoms with E-state index >= 15 is 0 Å². The Kier molecular flexibility index (Phi) is 7.45. The van der Waals surface area contributed by atoms with E-state index in [2.05, 4.69) is 9.71 Å². The van der Waals surface area contributed by atoms with Gasteiger partial charge in [-0.15, -0.1) is 0 Å². The van der Waals surface area contributed by atoms with Gasteiger partial charge in [-0.2, -0.15) is 4.72 Å². The number of rotatable bonds is 8. The molecule has 0 bridgehead atoms. The van der Waals surface area contributed by atoms with Crippen LogP contribution in [-0.4, -0.2) is 60.7 Å². The number of esters is 1. The lowest BCUT2D eigenvalue weighted by Crippen LogP contribution is -2.46. The van der Waals surface area contributed by atoms with Crippen LogP contribution >= 0.6 is 0 Å². The highest BCUT2D eigenvalue weighted by molar-refractivity contribution is 7.89. The standard InChI is InChI=1S/C24H31N3O9S/c1-13(2)18(26-37(31,32)15-8-6-14(3)7-9-15)22(29)33-12-16-19-20(36-24(4,5)35-19)21(34-16)27-11-10-17(28)25-23(27)30/h6-11,13,16,18-21,26H,12H2,1-5H3,(H,25,28,30)/t16-,18-,19-,20-,21-/m1/s1. The van der Waals surface area contributed by atoms with Gasteiger partial charge in [0.05, 0.1) is 4.90 Å². The highest BCUT2D eigenvalue weighted by atomic mass is 32.2. The van der Waals surface area contributed by atoms with E-state index in [0.29, 0.717) is 0 Å². The number of carbonyl (C=O) groups is 1. The number of H-pyrrole nitrogens is 1. The molecule has 5 atom stereocenters. The third-order valence-electron chi connectivity index (χ3n) is 6.17. The van der Waals surface area contributed by atoms with Crippen molar-refractivity contribution in [1.29, 1.82) is 0 Å². The Morgan fingerprint density at radius 3 is 2.41 bits per heavy atom. The second-order valence-electron chi connectivity index (χ2n) is 9.93. The van der Waals surface area contributed by atoms with E-state index < -0.39 is 69.5 Å². The number of benzene rings is 1. The fourth-order valence-corrected chi connectivity index (χ4v) is 5.64. The number of fused-ring (bicyclic) bond motifs is 1. The molecule has 0 saturated carbocycles. The smallest absolute Gasteiger partial charge is 0.330 e. The maximum absolute atomic E-state index is 13.0. The van der Waals surface area contributed by atoms with Crippen LogP contribution in [0.5, 0.6) is 0 Å². The maximum atomic E-state index is 13.0. The summed E-state index contributed by atoms with van der Waals surface area (Å²) in [5, 5.41) is 0. The van der Waals surface area contributed by atoms with Crippen molar-refractivity contribution in [3.8, 4) is 0 Å². The van der Waals surface area contributed by atoms with Crippen LogP contribution in [0.15, 0.2) is 51.0 Å². The lowest BCUT2D eigenvalue weighted by atomic mass is 10.1. The molecule has 2 aromatic rings. The highest BCUT2D eigenvalue weighted by Crippen LogP contribution is 2.42. The van der Waals surface area contributed by atoms with E-state index in [1.165, 1.54) is 29.0 Å². The van der Waals surface area contributed by atoms with Crippen LogP contribution in [-0.2, 0) is 33.8 Å². The topological polar surface area (TPSA) is 155 Å². The summed E-state index contributed by atoms with van der Waals surface area (Å²) < 4.78 is 52.7. The molecule has 1 aromatic carbocycles. The van der Waals surface area contributed by atoms with Crippen LogP contribution in [0.25, 0.3) is 0 Å². The van der Waals surface area contributed by atoms with E-state index in [0.717, 1.165) is 5.56 Å². The molecule has 37 heavy (non-hydrogen) atoms. The van der Waals surface area contributed by atoms with E-state index in [-0.39, 0.29) is 11.5 Å². The number of carbonyl (C=O) groups excluding carboxylic acids is 1. The largest absolute Gasteiger partial charge is 0.462 e. The average molecular weight is 538 g/mol. The third kappa shape index (κ3) is 5.85. The fraction of sp³-hybridized carbons (Fsp3) is 0.542. The molecule has 2 aliphatic heterocycles. The van der Waals surface area contributed by atoms with Gasteiger partial charge < -0.3 is 18.9 Å². The van der Waals surface area contributed by atoms with Gasteiger partial charge in [-0.1, -0.05) is 31.5 Å². The fourth-order valence-electron chi connectivity index (χ4n) is 4.31. The minimum atomic E-state index is -3.98. The van der Waals surface area contributed by atoms with Gasteiger partial charge in [0.2, 0.25) is 10.0 Å². The van der Waals surface area contributed by atoms with Gasteiger partial charge in [0.15, 0.2) is 12.0 Å². The van der Waals surface area contributed by atoms with Gasteiger partial charge in [0.1, 0.15) is 31.0 Å². The Balaban J connectivity index is 1.49. The monoisotopic (exact) mass is 537 g/mol. The Bertz CT molecular complexity index is 1360. The number of aromatic nitrogens is 2. The van der Waals surface area contributed by atoms with Crippen molar-refractivity contribution in [2.24, 2.45) is 5.92 Å². The van der Waals surface area contributed by atoms with Crippen LogP contribution in [0.3, 0.4) is 0 Å². The highest BCUT2D eigenvalue weighted by Gasteiger charge is 2.56. The van der Waals surface area contributed by atoms with Crippen LogP contribution in [0.2, 0.25) is 0 Å². The number of hydrogen-bond acceptors (Lipinski definition) is 9. The molecular weight excluding hydrogens is 506 g/mol. The number of ether oxygens (including phenoxy) is 4. The Morgan fingerprint density at radius 2 is 1.78 bits per heavy atom. The lowest BCUT2D eigenvalue weighted by Gasteiger charge is -2.25. The van der Waals surface area contributed by atoms with E-state index in [4.69, 9.17) is 18.9 Å². The number of aryl methyl sites for hydroxylation is 1. The first kappa shape index (κ1) is 27.2. The predicted octanol–water partition coefficient (Wildman–Crippen LogP) is 0.809. The molecule has 2 saturated heterocycles. The number of sulfonamides is 1. The van der Waals surface area contributed by atoms with Crippen LogP contribution in [0.1, 0.15) is 39.5 Å². The molecule has 0 amide bonds. The second-order valence-corrected chi connectivity index (χ2v) is 11.6. The second kappa shape index (κ2) is 10.1. The normalized spacial score (nSPS) is 25.7. The molecule has 3 heterocycles. The summed E-state index contributed by atoms with van der Waals surface area (Å²) in [4.78, 5) is 39.0. The quantitative estimate of drug-likeness (QED) is 0.465. The molecular formula is C24H31N3O9S. The van der Waals surface area contributed by atoms with Gasteiger partial charge in [-0.05, 0) is 38.8 Å². The van der Waals surface area contributed by atoms with E-state index in [9.17, 15) is 22.8 Å². The first-order valence-corrected chi connectivity index (χ1v) is 13.3. The molecule has 12 nitrogen and oxygen atoms in total. The predicted molar refractivity (Wildman–Crippen MR) is 130 cm³/mol. The summed E-state index contributed by atoms with van der Waals surface area (Å²) in [7, 11) is -3.98. The lowest BCUT2D eigenvalue weighted by molar-refractivity contribution is -0.203. The third-order valence-corrected chi connectivity index (χ3v) is 7.63. The number of hydrogen-bond donors (Lipinski definition) is 2. The minimum absolute atomic E-state index is 0.0337. The average Bonchev–Trinajstić information content (AvgIpc) is 3.29. The zero-order chi connectivity index (χ0) is 27.1. The van der Waals surface area contributed by atoms with Gasteiger partial charge in [-0.3, -0.25) is 19.1 Å². The summed E-state index contributed by atoms with van der Waals surface area (Å²) in [6, 6.07) is 6.29. The molecule has 0 radical (unpaired) electrons. The summed E-state index contributed by atoms with van der Waals surface area (Å²) in [5.41, 5.74) is -0.344. The molecule has 202 valence electrons. The van der Waals surface area contributed by atoms with Crippen molar-refractivity contribution in [2.75, 3.05) is 6.61 Å². The van der Waals surface area contributed by atoms with Crippen LogP contribution in [0.4, 0.5) is 0 Å². The Labute approximate surface area is 213 Å². The van der Waals surface area contributed by atoms with E-state index in [1.54, 1.807) is 39.8 Å². The first-order chi connectivity index (χ1) is 17.3. The number of aromatic amines is 1. The molecule has 0 unspecified atom stereocenters. The molecule has 4 rings (SSSR count). The molecule has 1 aromatic heterocycles. The van der Waals surface area contributed by atoms with Crippen molar-refractivity contribution < 1.29 is 32.2 Å². The van der Waals surface area contributed by atoms with Crippen molar-refractivity contribution in [1.82, 2.24) is 14.3 Å². The molecule has 2 aliphatic rings. The molecule has 2 fully saturated rings. The van der Waals surface area contributed by atoms with Crippen molar-refractivity contribution in [2.45, 2.75) is 75.9 Å². The molecule has 2 N–H and O–H groups in total. The van der Waals surface area contributed by atoms with Gasteiger partial charge in [0, 0.05) is 12.3 Å². The first-order valence-electron chi connectivity index (χ1n) is 11.9. The summed E-state index contributed by atoms with van der Waals surface area (Å²) >= 11 is 0. The SMILES string of the molecule is Cc1ccc(S(=O)(=O)N[C@@H](C(=O)OC[C@H]2O[C@@H](n3ccc(=O)[nH]c3=O)[C@@H]3OC(C)(C)O[C@@H]32)C(C)C)cc1. The number of nitrogens with one attached hydrogen (secondary N) is 2. The van der Waals surface area contributed by atoms with Gasteiger partial charge >= 0.3 is 11.7 Å². The number of nitrogens with zero attached hydrogens (tertiary/aromatic N) is 1. The van der Waals surface area contributed by atoms with E-state index in [1.807, 2.05) is 6.92 Å². The molecule has 0 spiro atoms. The molecule has 0 aliphatic carbocycles. The van der Waals surface area contributed by atoms with Crippen LogP contribution < -0.4 is 16.0 Å². The van der Waals surface area contributed by atoms with Crippen molar-refractivity contribution in [3.05, 3.63) is 62.9 Å². The van der Waals surface area contributed by atoms with Crippen molar-refractivity contribution >= 4 is 16.0 Å². The zero-order valence-electron chi connectivity index (χ0n) is 21.2. The minimum Gasteiger partial charge on any atom is -0.462 e. The molecule has 13 heteroatoms. The Hall–Kier alpha value is -2.84. The van der Waals surface area contributed by atoms with Gasteiger partial charge in [-0.25, -0.2) is 13.2 Å². The maximum Gasteiger partial charge on any atom is 0.330 e. The summed E-state index contributed by atoms with van der Waals surface area (Å²) in [5.74, 6) is -2.19. The van der Waals surface area contributed by atoms with Crippen molar-refractivity contribution in [3.63, 3.8) is 0 Å². The Morgan fingerprint density at radius 1 is 1.14 bits per heavy atom. The van der Waals surface area contributed by atoms with Crippen LogP contribution in [0, 0.1) is 12.8 Å². The van der Waals surface area contributed by atoms with Gasteiger partial charge in [0.25, 0.3) is 5.56 Å². The summed E-state index contributed by atoms with van der Waals surface area (Å²) in [6.45, 7) is 8.36. The summed E-state index contributed by atoms with van der Waals surface area (Å²) in [6.07, 6.45) is -1.88.